The Bertz CT molecular complexity index is 906. The summed E-state index contributed by atoms with van der Waals surface area (Å²) in [5.41, 5.74) is 4.03. The van der Waals surface area contributed by atoms with Gasteiger partial charge in [-0.25, -0.2) is 9.50 Å². The number of benzene rings is 1. The smallest absolute Gasteiger partial charge is 0.252 e. The molecule has 1 aromatic carbocycles. The molecule has 0 aliphatic heterocycles. The fourth-order valence-corrected chi connectivity index (χ4v) is 3.10. The summed E-state index contributed by atoms with van der Waals surface area (Å²) in [7, 11) is 0. The first kappa shape index (κ1) is 17.4. The third kappa shape index (κ3) is 4.14. The molecule has 25 heavy (non-hydrogen) atoms. The zero-order valence-electron chi connectivity index (χ0n) is 14.3. The number of nitrogens with zero attached hydrogens (tertiary/aromatic N) is 4. The van der Waals surface area contributed by atoms with Crippen LogP contribution in [0.15, 0.2) is 30.6 Å². The first-order chi connectivity index (χ1) is 12.0. The number of hydrogen-bond donors (Lipinski definition) is 1. The molecule has 0 aliphatic carbocycles. The Kier molecular flexibility index (Phi) is 5.28. The van der Waals surface area contributed by atoms with E-state index in [-0.39, 0.29) is 5.91 Å². The van der Waals surface area contributed by atoms with E-state index in [9.17, 15) is 4.79 Å². The molecule has 6 nitrogen and oxygen atoms in total. The lowest BCUT2D eigenvalue weighted by Gasteiger charge is -2.10. The highest BCUT2D eigenvalue weighted by Gasteiger charge is 2.12. The van der Waals surface area contributed by atoms with Crippen molar-refractivity contribution in [1.82, 2.24) is 24.9 Å². The normalized spacial score (nSPS) is 11.0. The van der Waals surface area contributed by atoms with Gasteiger partial charge in [0.25, 0.3) is 5.78 Å². The standard InChI is InChI=1S/C18H20ClN5O/c1-12-16(13(2)24-18(23-12)21-11-22-24)6-7-17(25)20-9-8-14-4-3-5-15(19)10-14/h3-5,10-11H,6-9H2,1-2H3,(H,20,25). The van der Waals surface area contributed by atoms with Crippen LogP contribution in [0.4, 0.5) is 0 Å². The average Bonchev–Trinajstić information content (AvgIpc) is 3.03. The minimum Gasteiger partial charge on any atom is -0.356 e. The van der Waals surface area contributed by atoms with Crippen LogP contribution in [0.1, 0.15) is 28.9 Å². The number of fused-ring (bicyclic) bond motifs is 1. The van der Waals surface area contributed by atoms with Crippen LogP contribution in [0.5, 0.6) is 0 Å². The molecule has 0 unspecified atom stereocenters. The molecule has 0 spiro atoms. The van der Waals surface area contributed by atoms with Gasteiger partial charge in [-0.05, 0) is 49.9 Å². The highest BCUT2D eigenvalue weighted by Crippen LogP contribution is 2.15. The molecule has 130 valence electrons. The summed E-state index contributed by atoms with van der Waals surface area (Å²) in [6, 6.07) is 7.68. The van der Waals surface area contributed by atoms with Gasteiger partial charge in [0.1, 0.15) is 6.33 Å². The number of hydrogen-bond acceptors (Lipinski definition) is 4. The molecule has 3 rings (SSSR count). The number of rotatable bonds is 6. The molecular formula is C18H20ClN5O. The van der Waals surface area contributed by atoms with Crippen molar-refractivity contribution < 1.29 is 4.79 Å². The van der Waals surface area contributed by atoms with Crippen molar-refractivity contribution in [3.63, 3.8) is 0 Å². The molecule has 0 saturated carbocycles. The van der Waals surface area contributed by atoms with Gasteiger partial charge in [-0.3, -0.25) is 4.79 Å². The molecule has 0 saturated heterocycles. The maximum absolute atomic E-state index is 12.1. The lowest BCUT2D eigenvalue weighted by atomic mass is 10.1. The Labute approximate surface area is 151 Å². The van der Waals surface area contributed by atoms with Crippen LogP contribution in [0, 0.1) is 13.8 Å². The Hall–Kier alpha value is -2.47. The quantitative estimate of drug-likeness (QED) is 0.736. The number of carbonyl (C=O) groups is 1. The van der Waals surface area contributed by atoms with Crippen LogP contribution in [0.25, 0.3) is 5.78 Å². The van der Waals surface area contributed by atoms with E-state index in [1.807, 2.05) is 38.1 Å². The highest BCUT2D eigenvalue weighted by atomic mass is 35.5. The third-order valence-corrected chi connectivity index (χ3v) is 4.45. The summed E-state index contributed by atoms with van der Waals surface area (Å²) in [5.74, 6) is 0.615. The Balaban J connectivity index is 1.54. The lowest BCUT2D eigenvalue weighted by Crippen LogP contribution is -2.26. The number of aryl methyl sites for hydroxylation is 2. The van der Waals surface area contributed by atoms with Gasteiger partial charge in [0.2, 0.25) is 5.91 Å². The molecule has 0 aliphatic rings. The summed E-state index contributed by atoms with van der Waals surface area (Å²) < 4.78 is 1.71. The maximum atomic E-state index is 12.1. The average molecular weight is 358 g/mol. The summed E-state index contributed by atoms with van der Waals surface area (Å²) in [6.45, 7) is 4.51. The topological polar surface area (TPSA) is 72.2 Å². The molecule has 3 aromatic rings. The predicted molar refractivity (Wildman–Crippen MR) is 96.7 cm³/mol. The van der Waals surface area contributed by atoms with Crippen molar-refractivity contribution in [2.75, 3.05) is 6.54 Å². The molecule has 7 heteroatoms. The van der Waals surface area contributed by atoms with Crippen molar-refractivity contribution in [3.8, 4) is 0 Å². The summed E-state index contributed by atoms with van der Waals surface area (Å²) in [6.07, 6.45) is 3.29. The van der Waals surface area contributed by atoms with Gasteiger partial charge < -0.3 is 5.32 Å². The Morgan fingerprint density at radius 1 is 1.28 bits per heavy atom. The van der Waals surface area contributed by atoms with Crippen LogP contribution >= 0.6 is 11.6 Å². The summed E-state index contributed by atoms with van der Waals surface area (Å²) in [5, 5.41) is 7.84. The van der Waals surface area contributed by atoms with E-state index in [1.165, 1.54) is 6.33 Å². The second kappa shape index (κ2) is 7.61. The van der Waals surface area contributed by atoms with E-state index < -0.39 is 0 Å². The monoisotopic (exact) mass is 357 g/mol. The van der Waals surface area contributed by atoms with E-state index in [4.69, 9.17) is 11.6 Å². The largest absolute Gasteiger partial charge is 0.356 e. The Morgan fingerprint density at radius 2 is 2.12 bits per heavy atom. The van der Waals surface area contributed by atoms with Crippen LogP contribution in [0.3, 0.4) is 0 Å². The van der Waals surface area contributed by atoms with Crippen molar-refractivity contribution in [3.05, 3.63) is 58.1 Å². The van der Waals surface area contributed by atoms with Crippen molar-refractivity contribution >= 4 is 23.3 Å². The maximum Gasteiger partial charge on any atom is 0.252 e. The molecule has 0 bridgehead atoms. The summed E-state index contributed by atoms with van der Waals surface area (Å²) in [4.78, 5) is 20.7. The molecule has 0 atom stereocenters. The zero-order chi connectivity index (χ0) is 17.8. The van der Waals surface area contributed by atoms with Crippen LogP contribution in [-0.4, -0.2) is 32.0 Å². The number of aromatic nitrogens is 4. The fourth-order valence-electron chi connectivity index (χ4n) is 2.88. The fraction of sp³-hybridized carbons (Fsp3) is 0.333. The van der Waals surface area contributed by atoms with Crippen molar-refractivity contribution in [1.29, 1.82) is 0 Å². The zero-order valence-corrected chi connectivity index (χ0v) is 15.0. The van der Waals surface area contributed by atoms with Gasteiger partial charge in [0, 0.05) is 29.4 Å². The van der Waals surface area contributed by atoms with Gasteiger partial charge in [0.05, 0.1) is 0 Å². The first-order valence-electron chi connectivity index (χ1n) is 8.21. The minimum absolute atomic E-state index is 0.0273. The highest BCUT2D eigenvalue weighted by molar-refractivity contribution is 6.30. The third-order valence-electron chi connectivity index (χ3n) is 4.22. The van der Waals surface area contributed by atoms with E-state index in [0.717, 1.165) is 28.9 Å². The van der Waals surface area contributed by atoms with E-state index in [2.05, 4.69) is 20.4 Å². The van der Waals surface area contributed by atoms with Gasteiger partial charge in [-0.2, -0.15) is 10.1 Å². The molecular weight excluding hydrogens is 338 g/mol. The molecule has 1 N–H and O–H groups in total. The molecule has 0 radical (unpaired) electrons. The molecule has 2 heterocycles. The number of halogens is 1. The van der Waals surface area contributed by atoms with Crippen molar-refractivity contribution in [2.45, 2.75) is 33.1 Å². The SMILES string of the molecule is Cc1nc2ncnn2c(C)c1CCC(=O)NCCc1cccc(Cl)c1. The van der Waals surface area contributed by atoms with Gasteiger partial charge >= 0.3 is 0 Å². The van der Waals surface area contributed by atoms with Gasteiger partial charge in [-0.1, -0.05) is 23.7 Å². The number of carbonyl (C=O) groups excluding carboxylic acids is 1. The first-order valence-corrected chi connectivity index (χ1v) is 8.59. The summed E-state index contributed by atoms with van der Waals surface area (Å²) >= 11 is 5.96. The number of amides is 1. The second-order valence-corrected chi connectivity index (χ2v) is 6.40. The van der Waals surface area contributed by atoms with Gasteiger partial charge in [-0.15, -0.1) is 0 Å². The second-order valence-electron chi connectivity index (χ2n) is 5.96. The van der Waals surface area contributed by atoms with Crippen LogP contribution in [-0.2, 0) is 17.6 Å². The number of nitrogens with one attached hydrogen (secondary N) is 1. The Morgan fingerprint density at radius 3 is 2.92 bits per heavy atom. The molecule has 0 fully saturated rings. The molecule has 2 aromatic heterocycles. The van der Waals surface area contributed by atoms with Gasteiger partial charge in [0.15, 0.2) is 0 Å². The van der Waals surface area contributed by atoms with Crippen molar-refractivity contribution in [2.24, 2.45) is 0 Å². The lowest BCUT2D eigenvalue weighted by molar-refractivity contribution is -0.121. The predicted octanol–water partition coefficient (Wildman–Crippen LogP) is 2.69. The van der Waals surface area contributed by atoms with E-state index >= 15 is 0 Å². The van der Waals surface area contributed by atoms with E-state index in [1.54, 1.807) is 4.52 Å². The van der Waals surface area contributed by atoms with E-state index in [0.29, 0.717) is 30.2 Å². The van der Waals surface area contributed by atoms with Crippen LogP contribution in [0.2, 0.25) is 5.02 Å². The van der Waals surface area contributed by atoms with Crippen LogP contribution < -0.4 is 5.32 Å². The molecule has 1 amide bonds. The minimum atomic E-state index is 0.0273.